The van der Waals surface area contributed by atoms with Gasteiger partial charge in [-0.3, -0.25) is 0 Å². The molecule has 0 aliphatic heterocycles. The summed E-state index contributed by atoms with van der Waals surface area (Å²) in [5.41, 5.74) is 0. The Bertz CT molecular complexity index is 366. The van der Waals surface area contributed by atoms with Crippen molar-refractivity contribution in [1.29, 1.82) is 5.26 Å². The third-order valence-electron chi connectivity index (χ3n) is 2.01. The first kappa shape index (κ1) is 12.7. The average molecular weight is 241 g/mol. The fraction of sp³-hybridized carbons (Fsp3) is 0.500. The molecule has 0 radical (unpaired) electrons. The largest absolute Gasteiger partial charge is 0.383 e. The summed E-state index contributed by atoms with van der Waals surface area (Å²) in [5, 5.41) is 9.07. The van der Waals surface area contributed by atoms with Crippen molar-refractivity contribution in [1.82, 2.24) is 9.97 Å². The molecular weight excluding hydrogens is 228 g/mol. The van der Waals surface area contributed by atoms with E-state index in [1.165, 1.54) is 12.5 Å². The Labute approximate surface area is 99.6 Å². The molecule has 0 saturated carbocycles. The summed E-state index contributed by atoms with van der Waals surface area (Å²) in [6.07, 6.45) is 3.40. The van der Waals surface area contributed by atoms with Gasteiger partial charge in [0.2, 0.25) is 0 Å². The quantitative estimate of drug-likeness (QED) is 0.754. The van der Waals surface area contributed by atoms with Gasteiger partial charge >= 0.3 is 0 Å². The summed E-state index contributed by atoms with van der Waals surface area (Å²) < 4.78 is 5.00. The Morgan fingerprint density at radius 1 is 1.56 bits per heavy atom. The van der Waals surface area contributed by atoms with Gasteiger partial charge in [-0.25, -0.2) is 9.97 Å². The van der Waals surface area contributed by atoms with Gasteiger partial charge in [-0.05, 0) is 0 Å². The summed E-state index contributed by atoms with van der Waals surface area (Å²) in [5.74, 6) is 0.643. The maximum Gasteiger partial charge on any atom is 0.150 e. The van der Waals surface area contributed by atoms with Crippen LogP contribution in [-0.4, -0.2) is 36.8 Å². The summed E-state index contributed by atoms with van der Waals surface area (Å²) >= 11 is 5.99. The highest BCUT2D eigenvalue weighted by molar-refractivity contribution is 6.32. The molecule has 0 amide bonds. The lowest BCUT2D eigenvalue weighted by atomic mass is 10.4. The van der Waals surface area contributed by atoms with Gasteiger partial charge in [-0.1, -0.05) is 11.6 Å². The molecule has 0 atom stereocenters. The predicted octanol–water partition coefficient (Wildman–Crippen LogP) is 1.50. The van der Waals surface area contributed by atoms with E-state index in [1.807, 2.05) is 4.90 Å². The minimum Gasteiger partial charge on any atom is -0.383 e. The first-order valence-corrected chi connectivity index (χ1v) is 5.23. The molecule has 0 aliphatic rings. The molecule has 6 heteroatoms. The van der Waals surface area contributed by atoms with Gasteiger partial charge in [0, 0.05) is 20.2 Å². The zero-order valence-electron chi connectivity index (χ0n) is 9.06. The van der Waals surface area contributed by atoms with Crippen LogP contribution in [0.5, 0.6) is 0 Å². The van der Waals surface area contributed by atoms with Crippen LogP contribution in [-0.2, 0) is 4.74 Å². The number of nitriles is 1. The first-order chi connectivity index (χ1) is 7.79. The molecule has 1 heterocycles. The summed E-state index contributed by atoms with van der Waals surface area (Å²) in [6, 6.07) is 2.09. The summed E-state index contributed by atoms with van der Waals surface area (Å²) in [4.78, 5) is 9.84. The number of halogens is 1. The molecule has 0 N–H and O–H groups in total. The number of aromatic nitrogens is 2. The minimum absolute atomic E-state index is 0.421. The third kappa shape index (κ3) is 3.65. The van der Waals surface area contributed by atoms with Crippen molar-refractivity contribution >= 4 is 17.4 Å². The molecule has 0 unspecified atom stereocenters. The summed E-state index contributed by atoms with van der Waals surface area (Å²) in [7, 11) is 1.63. The number of ether oxygens (including phenoxy) is 1. The molecule has 1 aromatic rings. The van der Waals surface area contributed by atoms with Gasteiger partial charge in [-0.15, -0.1) is 0 Å². The van der Waals surface area contributed by atoms with Crippen LogP contribution >= 0.6 is 11.6 Å². The lowest BCUT2D eigenvalue weighted by Crippen LogP contribution is -2.29. The van der Waals surface area contributed by atoms with Crippen molar-refractivity contribution in [2.75, 3.05) is 31.7 Å². The lowest BCUT2D eigenvalue weighted by molar-refractivity contribution is 0.205. The highest BCUT2D eigenvalue weighted by Gasteiger charge is 2.11. The number of hydrogen-bond donors (Lipinski definition) is 0. The van der Waals surface area contributed by atoms with Crippen LogP contribution in [0.4, 0.5) is 5.82 Å². The molecule has 86 valence electrons. The number of hydrogen-bond acceptors (Lipinski definition) is 5. The van der Waals surface area contributed by atoms with Gasteiger partial charge in [0.25, 0.3) is 0 Å². The van der Waals surface area contributed by atoms with Crippen molar-refractivity contribution in [2.45, 2.75) is 6.42 Å². The lowest BCUT2D eigenvalue weighted by Gasteiger charge is -2.22. The molecule has 0 aromatic carbocycles. The van der Waals surface area contributed by atoms with Crippen LogP contribution in [0.1, 0.15) is 6.42 Å². The average Bonchev–Trinajstić information content (AvgIpc) is 2.31. The van der Waals surface area contributed by atoms with Crippen molar-refractivity contribution in [3.05, 3.63) is 17.5 Å². The normalized spacial score (nSPS) is 9.81. The highest BCUT2D eigenvalue weighted by atomic mass is 35.5. The van der Waals surface area contributed by atoms with E-state index < -0.39 is 0 Å². The van der Waals surface area contributed by atoms with E-state index in [0.717, 1.165) is 0 Å². The van der Waals surface area contributed by atoms with Crippen LogP contribution in [0.15, 0.2) is 12.5 Å². The van der Waals surface area contributed by atoms with Crippen LogP contribution < -0.4 is 4.90 Å². The highest BCUT2D eigenvalue weighted by Crippen LogP contribution is 2.21. The monoisotopic (exact) mass is 240 g/mol. The van der Waals surface area contributed by atoms with Crippen LogP contribution in [0.25, 0.3) is 0 Å². The zero-order valence-corrected chi connectivity index (χ0v) is 9.81. The second kappa shape index (κ2) is 6.99. The maximum absolute atomic E-state index is 8.58. The van der Waals surface area contributed by atoms with E-state index in [1.54, 1.807) is 7.11 Å². The molecule has 1 aromatic heterocycles. The molecule has 0 spiro atoms. The van der Waals surface area contributed by atoms with Crippen molar-refractivity contribution in [2.24, 2.45) is 0 Å². The molecule has 0 bridgehead atoms. The number of methoxy groups -OCH3 is 1. The second-order valence-corrected chi connectivity index (χ2v) is 3.49. The van der Waals surface area contributed by atoms with Crippen LogP contribution in [0, 0.1) is 11.3 Å². The smallest absolute Gasteiger partial charge is 0.150 e. The minimum atomic E-state index is 0.421. The number of rotatable bonds is 6. The first-order valence-electron chi connectivity index (χ1n) is 4.86. The second-order valence-electron chi connectivity index (χ2n) is 3.08. The molecule has 5 nitrogen and oxygen atoms in total. The Kier molecular flexibility index (Phi) is 5.54. The van der Waals surface area contributed by atoms with Gasteiger partial charge in [0.15, 0.2) is 5.82 Å². The molecule has 16 heavy (non-hydrogen) atoms. The van der Waals surface area contributed by atoms with E-state index >= 15 is 0 Å². The van der Waals surface area contributed by atoms with Crippen LogP contribution in [0.3, 0.4) is 0 Å². The van der Waals surface area contributed by atoms with E-state index in [4.69, 9.17) is 21.6 Å². The maximum atomic E-state index is 8.58. The van der Waals surface area contributed by atoms with E-state index in [0.29, 0.717) is 37.0 Å². The Balaban J connectivity index is 2.75. The van der Waals surface area contributed by atoms with E-state index in [2.05, 4.69) is 16.0 Å². The SMILES string of the molecule is COCCN(CCC#N)c1ncncc1Cl. The topological polar surface area (TPSA) is 62.0 Å². The van der Waals surface area contributed by atoms with Crippen molar-refractivity contribution < 1.29 is 4.74 Å². The molecule has 0 saturated heterocycles. The number of nitrogens with zero attached hydrogens (tertiary/aromatic N) is 4. The Morgan fingerprint density at radius 2 is 2.38 bits per heavy atom. The van der Waals surface area contributed by atoms with Gasteiger partial charge in [-0.2, -0.15) is 5.26 Å². The van der Waals surface area contributed by atoms with E-state index in [9.17, 15) is 0 Å². The van der Waals surface area contributed by atoms with Crippen molar-refractivity contribution in [3.63, 3.8) is 0 Å². The zero-order chi connectivity index (χ0) is 11.8. The van der Waals surface area contributed by atoms with Gasteiger partial charge in [0.1, 0.15) is 11.3 Å². The summed E-state index contributed by atoms with van der Waals surface area (Å²) in [6.45, 7) is 1.79. The van der Waals surface area contributed by atoms with Gasteiger partial charge in [0.05, 0.1) is 25.3 Å². The Hall–Kier alpha value is -1.38. The number of anilines is 1. The third-order valence-corrected chi connectivity index (χ3v) is 2.27. The standard InChI is InChI=1S/C10H13ClN4O/c1-16-6-5-15(4-2-3-12)10-9(11)7-13-8-14-10/h7-8H,2,4-6H2,1H3. The molecule has 1 rings (SSSR count). The Morgan fingerprint density at radius 3 is 3.00 bits per heavy atom. The molecule has 0 fully saturated rings. The molecule has 0 aliphatic carbocycles. The fourth-order valence-corrected chi connectivity index (χ4v) is 1.47. The van der Waals surface area contributed by atoms with Crippen molar-refractivity contribution in [3.8, 4) is 6.07 Å². The predicted molar refractivity (Wildman–Crippen MR) is 61.4 cm³/mol. The van der Waals surface area contributed by atoms with E-state index in [-0.39, 0.29) is 0 Å². The van der Waals surface area contributed by atoms with Gasteiger partial charge < -0.3 is 9.64 Å². The molecular formula is C10H13ClN4O. The van der Waals surface area contributed by atoms with Crippen LogP contribution in [0.2, 0.25) is 5.02 Å². The fourth-order valence-electron chi connectivity index (χ4n) is 1.25.